The van der Waals surface area contributed by atoms with Crippen LogP contribution in [0.1, 0.15) is 43.0 Å². The summed E-state index contributed by atoms with van der Waals surface area (Å²) >= 11 is 0. The number of hydrogen-bond donors (Lipinski definition) is 1. The van der Waals surface area contributed by atoms with Crippen molar-refractivity contribution in [3.63, 3.8) is 0 Å². The fraction of sp³-hybridized carbons (Fsp3) is 0.484. The first-order valence-electron chi connectivity index (χ1n) is 13.8. The summed E-state index contributed by atoms with van der Waals surface area (Å²) in [7, 11) is 3.13. The van der Waals surface area contributed by atoms with Gasteiger partial charge in [-0.1, -0.05) is 19.9 Å². The molecule has 216 valence electrons. The van der Waals surface area contributed by atoms with Gasteiger partial charge in [0.1, 0.15) is 11.5 Å². The highest BCUT2D eigenvalue weighted by Gasteiger charge is 2.46. The second-order valence-corrected chi connectivity index (χ2v) is 10.6. The van der Waals surface area contributed by atoms with Gasteiger partial charge in [0.15, 0.2) is 11.5 Å². The number of methoxy groups -OCH3 is 2. The number of benzene rings is 2. The van der Waals surface area contributed by atoms with Crippen molar-refractivity contribution in [2.75, 3.05) is 60.2 Å². The molecule has 2 aliphatic heterocycles. The van der Waals surface area contributed by atoms with Crippen LogP contribution in [0.3, 0.4) is 0 Å². The van der Waals surface area contributed by atoms with Gasteiger partial charge in [0.25, 0.3) is 11.7 Å². The molecule has 2 aliphatic rings. The third-order valence-electron chi connectivity index (χ3n) is 7.43. The number of aryl methyl sites for hydroxylation is 1. The van der Waals surface area contributed by atoms with Crippen molar-refractivity contribution in [1.29, 1.82) is 0 Å². The van der Waals surface area contributed by atoms with E-state index in [1.165, 1.54) is 0 Å². The minimum absolute atomic E-state index is 0.0482. The van der Waals surface area contributed by atoms with Crippen LogP contribution in [0, 0.1) is 12.8 Å². The van der Waals surface area contributed by atoms with Crippen LogP contribution in [0.2, 0.25) is 0 Å². The Morgan fingerprint density at radius 1 is 1.00 bits per heavy atom. The minimum Gasteiger partial charge on any atom is -0.507 e. The van der Waals surface area contributed by atoms with Gasteiger partial charge >= 0.3 is 0 Å². The Labute approximate surface area is 236 Å². The molecule has 1 atom stereocenters. The predicted molar refractivity (Wildman–Crippen MR) is 152 cm³/mol. The molecule has 1 amide bonds. The van der Waals surface area contributed by atoms with E-state index in [4.69, 9.17) is 18.9 Å². The molecule has 40 heavy (non-hydrogen) atoms. The van der Waals surface area contributed by atoms with Crippen molar-refractivity contribution in [3.8, 4) is 17.2 Å². The molecular formula is C31H40N2O7. The Hall–Kier alpha value is -3.56. The van der Waals surface area contributed by atoms with E-state index in [0.717, 1.165) is 25.1 Å². The maximum atomic E-state index is 13.5. The lowest BCUT2D eigenvalue weighted by molar-refractivity contribution is -0.140. The number of carbonyl (C=O) groups excluding carboxylic acids is 2. The van der Waals surface area contributed by atoms with E-state index in [9.17, 15) is 14.7 Å². The van der Waals surface area contributed by atoms with Gasteiger partial charge in [-0.3, -0.25) is 14.5 Å². The van der Waals surface area contributed by atoms with Crippen molar-refractivity contribution in [2.45, 2.75) is 33.2 Å². The van der Waals surface area contributed by atoms with E-state index >= 15 is 0 Å². The molecule has 1 unspecified atom stereocenters. The lowest BCUT2D eigenvalue weighted by Gasteiger charge is -2.31. The maximum Gasteiger partial charge on any atom is 0.295 e. The number of aliphatic hydroxyl groups excluding tert-OH is 1. The van der Waals surface area contributed by atoms with Crippen molar-refractivity contribution < 1.29 is 33.6 Å². The number of nitrogens with zero attached hydrogens (tertiary/aromatic N) is 2. The number of carbonyl (C=O) groups is 2. The van der Waals surface area contributed by atoms with Crippen LogP contribution in [-0.4, -0.2) is 86.8 Å². The summed E-state index contributed by atoms with van der Waals surface area (Å²) in [6, 6.07) is 9.80. The predicted octanol–water partition coefficient (Wildman–Crippen LogP) is 4.19. The molecule has 2 heterocycles. The van der Waals surface area contributed by atoms with Gasteiger partial charge in [-0.15, -0.1) is 0 Å². The number of amides is 1. The molecule has 9 nitrogen and oxygen atoms in total. The average molecular weight is 553 g/mol. The van der Waals surface area contributed by atoms with E-state index in [1.807, 2.05) is 13.0 Å². The Balaban J connectivity index is 1.74. The van der Waals surface area contributed by atoms with Gasteiger partial charge in [-0.05, 0) is 60.7 Å². The molecule has 0 aliphatic carbocycles. The van der Waals surface area contributed by atoms with E-state index in [2.05, 4.69) is 18.7 Å². The van der Waals surface area contributed by atoms with Gasteiger partial charge in [-0.2, -0.15) is 0 Å². The molecular weight excluding hydrogens is 512 g/mol. The number of aliphatic hydroxyl groups is 1. The molecule has 0 radical (unpaired) electrons. The first-order chi connectivity index (χ1) is 19.2. The van der Waals surface area contributed by atoms with Gasteiger partial charge < -0.3 is 29.0 Å². The third-order valence-corrected chi connectivity index (χ3v) is 7.43. The van der Waals surface area contributed by atoms with Crippen LogP contribution in [-0.2, 0) is 14.3 Å². The molecule has 2 aromatic carbocycles. The Morgan fingerprint density at radius 3 is 2.35 bits per heavy atom. The van der Waals surface area contributed by atoms with E-state index in [0.29, 0.717) is 67.2 Å². The fourth-order valence-corrected chi connectivity index (χ4v) is 5.09. The summed E-state index contributed by atoms with van der Waals surface area (Å²) in [5.74, 6) is 0.674. The van der Waals surface area contributed by atoms with Gasteiger partial charge in [0.2, 0.25) is 0 Å². The highest BCUT2D eigenvalue weighted by atomic mass is 16.5. The van der Waals surface area contributed by atoms with Crippen LogP contribution >= 0.6 is 0 Å². The van der Waals surface area contributed by atoms with Crippen LogP contribution < -0.4 is 14.2 Å². The quantitative estimate of drug-likeness (QED) is 0.252. The smallest absolute Gasteiger partial charge is 0.295 e. The average Bonchev–Trinajstić information content (AvgIpc) is 3.21. The summed E-state index contributed by atoms with van der Waals surface area (Å²) in [5.41, 5.74) is 1.94. The first kappa shape index (κ1) is 29.4. The maximum absolute atomic E-state index is 13.5. The van der Waals surface area contributed by atoms with E-state index < -0.39 is 17.7 Å². The van der Waals surface area contributed by atoms with Gasteiger partial charge in [0, 0.05) is 31.7 Å². The number of Topliss-reactive ketones (excluding diaryl/α,β-unsaturated/α-hetero) is 1. The summed E-state index contributed by atoms with van der Waals surface area (Å²) < 4.78 is 22.4. The van der Waals surface area contributed by atoms with Crippen molar-refractivity contribution >= 4 is 17.4 Å². The summed E-state index contributed by atoms with van der Waals surface area (Å²) in [6.07, 6.45) is 0.897. The minimum atomic E-state index is -0.790. The zero-order chi connectivity index (χ0) is 28.8. The molecule has 4 rings (SSSR count). The second-order valence-electron chi connectivity index (χ2n) is 10.6. The molecule has 2 aromatic rings. The molecule has 9 heteroatoms. The standard InChI is InChI=1S/C31H40N2O7/c1-20(2)10-15-40-25-9-6-22(19-26(25)38-5)28-27(29(34)23-7-8-24(37-4)21(3)18-23)30(35)31(36)33(28)12-11-32-13-16-39-17-14-32/h6-9,18-20,28,34H,10-17H2,1-5H3. The fourth-order valence-electron chi connectivity index (χ4n) is 5.09. The monoisotopic (exact) mass is 552 g/mol. The van der Waals surface area contributed by atoms with Crippen LogP contribution in [0.4, 0.5) is 0 Å². The van der Waals surface area contributed by atoms with Crippen LogP contribution in [0.5, 0.6) is 17.2 Å². The van der Waals surface area contributed by atoms with Gasteiger partial charge in [-0.25, -0.2) is 0 Å². The second kappa shape index (κ2) is 13.2. The topological polar surface area (TPSA) is 97.8 Å². The molecule has 2 fully saturated rings. The molecule has 0 saturated carbocycles. The summed E-state index contributed by atoms with van der Waals surface area (Å²) in [4.78, 5) is 30.6. The number of ether oxygens (including phenoxy) is 4. The summed E-state index contributed by atoms with van der Waals surface area (Å²) in [5, 5.41) is 11.5. The number of likely N-dealkylation sites (tertiary alicyclic amines) is 1. The zero-order valence-electron chi connectivity index (χ0n) is 24.1. The lowest BCUT2D eigenvalue weighted by atomic mass is 9.94. The first-order valence-corrected chi connectivity index (χ1v) is 13.8. The SMILES string of the molecule is COc1ccc(C(O)=C2C(=O)C(=O)N(CCN3CCOCC3)C2c2ccc(OCCC(C)C)c(OC)c2)cc1C. The molecule has 1 N–H and O–H groups in total. The molecule has 0 bridgehead atoms. The van der Waals surface area contributed by atoms with Gasteiger partial charge in [0.05, 0.1) is 45.7 Å². The highest BCUT2D eigenvalue weighted by Crippen LogP contribution is 2.42. The number of morpholine rings is 1. The Morgan fingerprint density at radius 2 is 1.70 bits per heavy atom. The number of hydrogen-bond acceptors (Lipinski definition) is 8. The van der Waals surface area contributed by atoms with Crippen molar-refractivity contribution in [2.24, 2.45) is 5.92 Å². The number of rotatable bonds is 11. The Bertz CT molecular complexity index is 1250. The highest BCUT2D eigenvalue weighted by molar-refractivity contribution is 6.46. The normalized spacial score (nSPS) is 19.4. The largest absolute Gasteiger partial charge is 0.507 e. The Kier molecular flexibility index (Phi) is 9.71. The molecule has 2 saturated heterocycles. The zero-order valence-corrected chi connectivity index (χ0v) is 24.1. The molecule has 0 spiro atoms. The van der Waals surface area contributed by atoms with Crippen molar-refractivity contribution in [1.82, 2.24) is 9.80 Å². The lowest BCUT2D eigenvalue weighted by Crippen LogP contribution is -2.42. The van der Waals surface area contributed by atoms with E-state index in [1.54, 1.807) is 49.5 Å². The van der Waals surface area contributed by atoms with Crippen LogP contribution in [0.25, 0.3) is 5.76 Å². The van der Waals surface area contributed by atoms with Crippen LogP contribution in [0.15, 0.2) is 42.0 Å². The molecule has 0 aromatic heterocycles. The third kappa shape index (κ3) is 6.42. The number of ketones is 1. The summed E-state index contributed by atoms with van der Waals surface area (Å²) in [6.45, 7) is 10.4. The van der Waals surface area contributed by atoms with Crippen molar-refractivity contribution in [3.05, 3.63) is 58.7 Å². The van der Waals surface area contributed by atoms with E-state index in [-0.39, 0.29) is 11.3 Å².